The maximum Gasteiger partial charge on any atom is 0.319 e. The maximum atomic E-state index is 11.6. The Hall–Kier alpha value is -2.56. The fourth-order valence-electron chi connectivity index (χ4n) is 1.99. The van der Waals surface area contributed by atoms with Crippen molar-refractivity contribution < 1.29 is 9.53 Å². The van der Waals surface area contributed by atoms with E-state index in [4.69, 9.17) is 4.74 Å². The molecule has 0 atom stereocenters. The Morgan fingerprint density at radius 1 is 1.18 bits per heavy atom. The molecule has 1 saturated carbocycles. The molecule has 0 bridgehead atoms. The van der Waals surface area contributed by atoms with Crippen molar-refractivity contribution in [3.8, 4) is 11.6 Å². The molecular weight excluding hydrogens is 278 g/mol. The highest BCUT2D eigenvalue weighted by atomic mass is 16.5. The van der Waals surface area contributed by atoms with Crippen molar-refractivity contribution in [2.45, 2.75) is 32.7 Å². The summed E-state index contributed by atoms with van der Waals surface area (Å²) in [5.41, 5.74) is 3.04. The molecule has 2 aromatic rings. The average molecular weight is 297 g/mol. The van der Waals surface area contributed by atoms with E-state index < -0.39 is 0 Å². The number of benzene rings is 1. The van der Waals surface area contributed by atoms with Gasteiger partial charge in [-0.15, -0.1) is 0 Å². The molecule has 1 aromatic carbocycles. The van der Waals surface area contributed by atoms with Crippen molar-refractivity contribution in [3.63, 3.8) is 0 Å². The van der Waals surface area contributed by atoms with Gasteiger partial charge in [-0.2, -0.15) is 0 Å². The van der Waals surface area contributed by atoms with Gasteiger partial charge in [-0.05, 0) is 56.0 Å². The Morgan fingerprint density at radius 2 is 2.00 bits per heavy atom. The summed E-state index contributed by atoms with van der Waals surface area (Å²) < 4.78 is 5.71. The number of carbonyl (C=O) groups is 1. The minimum Gasteiger partial charge on any atom is -0.439 e. The molecule has 1 heterocycles. The molecule has 2 amide bonds. The minimum atomic E-state index is -0.188. The van der Waals surface area contributed by atoms with Crippen molar-refractivity contribution in [1.29, 1.82) is 0 Å². The van der Waals surface area contributed by atoms with Crippen LogP contribution in [0.1, 0.15) is 24.0 Å². The lowest BCUT2D eigenvalue weighted by molar-refractivity contribution is 0.251. The van der Waals surface area contributed by atoms with Gasteiger partial charge in [-0.3, -0.25) is 0 Å². The Labute approximate surface area is 129 Å². The topological polar surface area (TPSA) is 63.2 Å². The van der Waals surface area contributed by atoms with Crippen molar-refractivity contribution in [2.24, 2.45) is 0 Å². The lowest BCUT2D eigenvalue weighted by Crippen LogP contribution is -2.30. The van der Waals surface area contributed by atoms with Crippen LogP contribution in [0.15, 0.2) is 36.5 Å². The second-order valence-electron chi connectivity index (χ2n) is 5.61. The number of amides is 2. The second-order valence-corrected chi connectivity index (χ2v) is 5.61. The first-order chi connectivity index (χ1) is 10.6. The summed E-state index contributed by atoms with van der Waals surface area (Å²) >= 11 is 0. The Morgan fingerprint density at radius 3 is 2.64 bits per heavy atom. The van der Waals surface area contributed by atoms with E-state index in [1.165, 1.54) is 11.1 Å². The quantitative estimate of drug-likeness (QED) is 0.902. The standard InChI is InChI=1S/C17H19N3O2/c1-11-3-7-15(9-12(11)2)22-16-8-6-14(10-18-16)20-17(21)19-13-4-5-13/h3,6-10,13H,4-5H2,1-2H3,(H2,19,20,21). The van der Waals surface area contributed by atoms with Crippen LogP contribution in [0, 0.1) is 13.8 Å². The SMILES string of the molecule is Cc1ccc(Oc2ccc(NC(=O)NC3CC3)cn2)cc1C. The zero-order valence-electron chi connectivity index (χ0n) is 12.7. The van der Waals surface area contributed by atoms with E-state index >= 15 is 0 Å². The normalized spacial score (nSPS) is 13.5. The van der Waals surface area contributed by atoms with E-state index in [0.717, 1.165) is 18.6 Å². The molecule has 0 spiro atoms. The second kappa shape index (κ2) is 6.05. The highest BCUT2D eigenvalue weighted by Crippen LogP contribution is 2.23. The van der Waals surface area contributed by atoms with Crippen LogP contribution in [0.5, 0.6) is 11.6 Å². The fraction of sp³-hybridized carbons (Fsp3) is 0.294. The van der Waals surface area contributed by atoms with Gasteiger partial charge in [0.05, 0.1) is 11.9 Å². The third kappa shape index (κ3) is 3.75. The van der Waals surface area contributed by atoms with Crippen LogP contribution in [-0.2, 0) is 0 Å². The Bertz CT molecular complexity index is 679. The summed E-state index contributed by atoms with van der Waals surface area (Å²) in [6.45, 7) is 4.10. The van der Waals surface area contributed by atoms with Gasteiger partial charge in [0.1, 0.15) is 5.75 Å². The molecule has 1 aliphatic carbocycles. The van der Waals surface area contributed by atoms with Gasteiger partial charge in [0.25, 0.3) is 0 Å². The molecule has 0 aliphatic heterocycles. The van der Waals surface area contributed by atoms with Gasteiger partial charge in [0, 0.05) is 12.1 Å². The van der Waals surface area contributed by atoms with Crippen LogP contribution in [-0.4, -0.2) is 17.1 Å². The van der Waals surface area contributed by atoms with Gasteiger partial charge in [0.2, 0.25) is 5.88 Å². The van der Waals surface area contributed by atoms with Crippen LogP contribution < -0.4 is 15.4 Å². The fourth-order valence-corrected chi connectivity index (χ4v) is 1.99. The number of ether oxygens (including phenoxy) is 1. The number of aryl methyl sites for hydroxylation is 2. The zero-order chi connectivity index (χ0) is 15.5. The summed E-state index contributed by atoms with van der Waals surface area (Å²) in [5.74, 6) is 1.25. The van der Waals surface area contributed by atoms with Gasteiger partial charge < -0.3 is 15.4 Å². The predicted molar refractivity (Wildman–Crippen MR) is 85.4 cm³/mol. The van der Waals surface area contributed by atoms with E-state index in [-0.39, 0.29) is 6.03 Å². The number of aromatic nitrogens is 1. The summed E-state index contributed by atoms with van der Waals surface area (Å²) in [4.78, 5) is 15.8. The van der Waals surface area contributed by atoms with Gasteiger partial charge >= 0.3 is 6.03 Å². The molecule has 5 heteroatoms. The number of rotatable bonds is 4. The molecule has 114 valence electrons. The average Bonchev–Trinajstić information content (AvgIpc) is 3.29. The molecule has 2 N–H and O–H groups in total. The molecule has 0 unspecified atom stereocenters. The first kappa shape index (κ1) is 14.4. The molecule has 1 aromatic heterocycles. The first-order valence-electron chi connectivity index (χ1n) is 7.39. The smallest absolute Gasteiger partial charge is 0.319 e. The number of hydrogen-bond acceptors (Lipinski definition) is 3. The molecule has 0 saturated heterocycles. The number of nitrogens with zero attached hydrogens (tertiary/aromatic N) is 1. The highest BCUT2D eigenvalue weighted by Gasteiger charge is 2.23. The first-order valence-corrected chi connectivity index (χ1v) is 7.39. The molecular formula is C17H19N3O2. The summed E-state index contributed by atoms with van der Waals surface area (Å²) in [6, 6.07) is 9.57. The Kier molecular flexibility index (Phi) is 3.96. The third-order valence-electron chi connectivity index (χ3n) is 3.61. The number of anilines is 1. The molecule has 3 rings (SSSR count). The third-order valence-corrected chi connectivity index (χ3v) is 3.61. The largest absolute Gasteiger partial charge is 0.439 e. The van der Waals surface area contributed by atoms with Crippen LogP contribution in [0.3, 0.4) is 0 Å². The van der Waals surface area contributed by atoms with Gasteiger partial charge in [0.15, 0.2) is 0 Å². The highest BCUT2D eigenvalue weighted by molar-refractivity contribution is 5.89. The van der Waals surface area contributed by atoms with Gasteiger partial charge in [-0.25, -0.2) is 9.78 Å². The zero-order valence-corrected chi connectivity index (χ0v) is 12.7. The summed E-state index contributed by atoms with van der Waals surface area (Å²) in [7, 11) is 0. The van der Waals surface area contributed by atoms with Crippen LogP contribution in [0.25, 0.3) is 0 Å². The monoisotopic (exact) mass is 297 g/mol. The lowest BCUT2D eigenvalue weighted by atomic mass is 10.1. The Balaban J connectivity index is 1.60. The van der Waals surface area contributed by atoms with Crippen molar-refractivity contribution in [2.75, 3.05) is 5.32 Å². The van der Waals surface area contributed by atoms with Crippen molar-refractivity contribution in [3.05, 3.63) is 47.7 Å². The number of carbonyl (C=O) groups excluding carboxylic acids is 1. The lowest BCUT2D eigenvalue weighted by Gasteiger charge is -2.09. The molecule has 1 fully saturated rings. The molecule has 22 heavy (non-hydrogen) atoms. The minimum absolute atomic E-state index is 0.188. The predicted octanol–water partition coefficient (Wildman–Crippen LogP) is 3.77. The van der Waals surface area contributed by atoms with Crippen molar-refractivity contribution in [1.82, 2.24) is 10.3 Å². The van der Waals surface area contributed by atoms with Crippen molar-refractivity contribution >= 4 is 11.7 Å². The molecule has 5 nitrogen and oxygen atoms in total. The van der Waals surface area contributed by atoms with Gasteiger partial charge in [-0.1, -0.05) is 6.07 Å². The number of pyridine rings is 1. The van der Waals surface area contributed by atoms with Crippen LogP contribution in [0.2, 0.25) is 0 Å². The van der Waals surface area contributed by atoms with Crippen LogP contribution in [0.4, 0.5) is 10.5 Å². The number of urea groups is 1. The van der Waals surface area contributed by atoms with E-state index in [9.17, 15) is 4.79 Å². The van der Waals surface area contributed by atoms with E-state index in [1.54, 1.807) is 18.3 Å². The number of hydrogen-bond donors (Lipinski definition) is 2. The van der Waals surface area contributed by atoms with E-state index in [1.807, 2.05) is 25.1 Å². The van der Waals surface area contributed by atoms with E-state index in [2.05, 4.69) is 22.5 Å². The molecule has 1 aliphatic rings. The maximum absolute atomic E-state index is 11.6. The van der Waals surface area contributed by atoms with Crippen LogP contribution >= 0.6 is 0 Å². The molecule has 0 radical (unpaired) electrons. The van der Waals surface area contributed by atoms with E-state index in [0.29, 0.717) is 17.6 Å². The summed E-state index contributed by atoms with van der Waals surface area (Å²) in [5, 5.41) is 5.61. The summed E-state index contributed by atoms with van der Waals surface area (Å²) in [6.07, 6.45) is 3.71. The number of nitrogens with one attached hydrogen (secondary N) is 2.